The summed E-state index contributed by atoms with van der Waals surface area (Å²) in [6.45, 7) is 5.39. The third-order valence-electron chi connectivity index (χ3n) is 2.20. The van der Waals surface area contributed by atoms with Crippen LogP contribution in [0.3, 0.4) is 0 Å². The van der Waals surface area contributed by atoms with Crippen LogP contribution in [0.5, 0.6) is 0 Å². The van der Waals surface area contributed by atoms with Crippen LogP contribution in [0.4, 0.5) is 0 Å². The number of H-pyrrole nitrogens is 1. The lowest BCUT2D eigenvalue weighted by Crippen LogP contribution is -2.34. The summed E-state index contributed by atoms with van der Waals surface area (Å²) in [5.41, 5.74) is 0. The molecular weight excluding hydrogens is 208 g/mol. The molecular formula is C9H14N6O. The van der Waals surface area contributed by atoms with Crippen LogP contribution < -0.4 is 5.32 Å². The van der Waals surface area contributed by atoms with Crippen LogP contribution >= 0.6 is 0 Å². The van der Waals surface area contributed by atoms with Crippen LogP contribution in [0, 0.1) is 23.2 Å². The minimum absolute atomic E-state index is 0.0255. The molecule has 0 aromatic carbocycles. The molecule has 0 saturated carbocycles. The maximum atomic E-state index is 11.7. The smallest absolute Gasteiger partial charge is 0.238 e. The second kappa shape index (κ2) is 5.21. The van der Waals surface area contributed by atoms with Crippen molar-refractivity contribution in [2.24, 2.45) is 11.8 Å². The number of tetrazole rings is 1. The molecule has 1 heterocycles. The molecule has 7 nitrogen and oxygen atoms in total. The first kappa shape index (κ1) is 12.1. The number of nitrogens with one attached hydrogen (secondary N) is 2. The summed E-state index contributed by atoms with van der Waals surface area (Å²) >= 11 is 0. The van der Waals surface area contributed by atoms with Gasteiger partial charge in [0.25, 0.3) is 0 Å². The van der Waals surface area contributed by atoms with E-state index in [9.17, 15) is 4.79 Å². The Kier molecular flexibility index (Phi) is 3.94. The molecule has 0 spiro atoms. The summed E-state index contributed by atoms with van der Waals surface area (Å²) in [6, 6.07) is 1.62. The minimum Gasteiger partial charge on any atom is -0.345 e. The van der Waals surface area contributed by atoms with Gasteiger partial charge in [-0.3, -0.25) is 4.79 Å². The summed E-state index contributed by atoms with van der Waals surface area (Å²) in [5.74, 6) is -0.597. The number of nitrogens with zero attached hydrogens (tertiary/aromatic N) is 4. The van der Waals surface area contributed by atoms with Gasteiger partial charge in [0, 0.05) is 0 Å². The zero-order valence-corrected chi connectivity index (χ0v) is 9.43. The third kappa shape index (κ3) is 2.76. The summed E-state index contributed by atoms with van der Waals surface area (Å²) in [5, 5.41) is 24.7. The molecule has 1 amide bonds. The average Bonchev–Trinajstić information content (AvgIpc) is 2.70. The Labute approximate surface area is 93.2 Å². The maximum Gasteiger partial charge on any atom is 0.238 e. The zero-order valence-electron chi connectivity index (χ0n) is 9.43. The fourth-order valence-electron chi connectivity index (χ4n) is 1.23. The number of rotatable bonds is 4. The van der Waals surface area contributed by atoms with E-state index in [4.69, 9.17) is 5.26 Å². The van der Waals surface area contributed by atoms with E-state index in [-0.39, 0.29) is 17.9 Å². The normalized spacial score (nSPS) is 14.2. The Hall–Kier alpha value is -1.97. The first-order chi connectivity index (χ1) is 7.56. The van der Waals surface area contributed by atoms with Crippen molar-refractivity contribution in [2.75, 3.05) is 0 Å². The van der Waals surface area contributed by atoms with E-state index in [1.807, 2.05) is 19.9 Å². The largest absolute Gasteiger partial charge is 0.345 e. The highest BCUT2D eigenvalue weighted by molar-refractivity contribution is 5.81. The Bertz CT molecular complexity index is 379. The van der Waals surface area contributed by atoms with Crippen molar-refractivity contribution in [2.45, 2.75) is 26.8 Å². The molecule has 0 aliphatic rings. The number of carbonyl (C=O) groups excluding carboxylic acids is 1. The number of hydrogen-bond donors (Lipinski definition) is 2. The van der Waals surface area contributed by atoms with Gasteiger partial charge in [-0.1, -0.05) is 19.1 Å². The van der Waals surface area contributed by atoms with E-state index in [0.717, 1.165) is 0 Å². The van der Waals surface area contributed by atoms with Crippen LogP contribution in [0.25, 0.3) is 0 Å². The fraction of sp³-hybridized carbons (Fsp3) is 0.667. The Morgan fingerprint density at radius 1 is 1.50 bits per heavy atom. The molecule has 1 aromatic rings. The highest BCUT2D eigenvalue weighted by Gasteiger charge is 2.24. The van der Waals surface area contributed by atoms with E-state index in [2.05, 4.69) is 25.9 Å². The molecule has 2 atom stereocenters. The zero-order chi connectivity index (χ0) is 12.1. The predicted octanol–water partition coefficient (Wildman–Crippen LogP) is 0.173. The number of hydrogen-bond acceptors (Lipinski definition) is 5. The quantitative estimate of drug-likeness (QED) is 0.755. The van der Waals surface area contributed by atoms with Gasteiger partial charge in [0.1, 0.15) is 5.92 Å². The van der Waals surface area contributed by atoms with Crippen molar-refractivity contribution in [1.82, 2.24) is 25.9 Å². The number of carbonyl (C=O) groups is 1. The Morgan fingerprint density at radius 3 is 2.62 bits per heavy atom. The molecule has 2 unspecified atom stereocenters. The van der Waals surface area contributed by atoms with Crippen molar-refractivity contribution in [3.8, 4) is 6.07 Å². The summed E-state index contributed by atoms with van der Waals surface area (Å²) in [7, 11) is 0. The summed E-state index contributed by atoms with van der Waals surface area (Å²) in [4.78, 5) is 11.7. The number of nitriles is 1. The van der Waals surface area contributed by atoms with E-state index < -0.39 is 5.92 Å². The highest BCUT2D eigenvalue weighted by Crippen LogP contribution is 2.12. The molecule has 2 N–H and O–H groups in total. The van der Waals surface area contributed by atoms with E-state index in [1.165, 1.54) is 0 Å². The van der Waals surface area contributed by atoms with Gasteiger partial charge in [0.05, 0.1) is 12.1 Å². The van der Waals surface area contributed by atoms with Gasteiger partial charge in [-0.2, -0.15) is 10.5 Å². The molecule has 7 heteroatoms. The second-order valence-electron chi connectivity index (χ2n) is 3.85. The highest BCUT2D eigenvalue weighted by atomic mass is 16.2. The van der Waals surface area contributed by atoms with Crippen molar-refractivity contribution < 1.29 is 4.79 Å². The molecule has 16 heavy (non-hydrogen) atoms. The summed E-state index contributed by atoms with van der Waals surface area (Å²) in [6.07, 6.45) is 0. The second-order valence-corrected chi connectivity index (χ2v) is 3.85. The van der Waals surface area contributed by atoms with Crippen LogP contribution in [0.1, 0.15) is 32.6 Å². The van der Waals surface area contributed by atoms with E-state index in [1.54, 1.807) is 6.92 Å². The molecule has 0 fully saturated rings. The molecule has 0 aliphatic heterocycles. The van der Waals surface area contributed by atoms with Crippen molar-refractivity contribution in [1.29, 1.82) is 5.26 Å². The number of aromatic nitrogens is 4. The number of amides is 1. The van der Waals surface area contributed by atoms with Gasteiger partial charge in [0.2, 0.25) is 5.91 Å². The van der Waals surface area contributed by atoms with Gasteiger partial charge in [-0.05, 0) is 12.8 Å². The van der Waals surface area contributed by atoms with Crippen LogP contribution in [0.2, 0.25) is 0 Å². The third-order valence-corrected chi connectivity index (χ3v) is 2.20. The lowest BCUT2D eigenvalue weighted by Gasteiger charge is -2.15. The lowest BCUT2D eigenvalue weighted by atomic mass is 9.96. The SMILES string of the molecule is CC(NC(=O)C(C#N)C(C)C)c1nn[nH]n1. The van der Waals surface area contributed by atoms with E-state index in [0.29, 0.717) is 5.82 Å². The standard InChI is InChI=1S/C9H14N6O/c1-5(2)7(4-10)9(16)11-6(3)8-12-14-15-13-8/h5-7H,1-3H3,(H,11,16)(H,12,13,14,15). The van der Waals surface area contributed by atoms with Gasteiger partial charge in [-0.25, -0.2) is 0 Å². The molecule has 86 valence electrons. The average molecular weight is 222 g/mol. The monoisotopic (exact) mass is 222 g/mol. The van der Waals surface area contributed by atoms with Gasteiger partial charge < -0.3 is 5.32 Å². The van der Waals surface area contributed by atoms with Gasteiger partial charge in [0.15, 0.2) is 5.82 Å². The van der Waals surface area contributed by atoms with Crippen LogP contribution in [0.15, 0.2) is 0 Å². The molecule has 0 aliphatic carbocycles. The Morgan fingerprint density at radius 2 is 2.19 bits per heavy atom. The van der Waals surface area contributed by atoms with Crippen molar-refractivity contribution >= 4 is 5.91 Å². The maximum absolute atomic E-state index is 11.7. The molecule has 0 bridgehead atoms. The molecule has 1 rings (SSSR count). The van der Waals surface area contributed by atoms with Crippen molar-refractivity contribution in [3.05, 3.63) is 5.82 Å². The lowest BCUT2D eigenvalue weighted by molar-refractivity contribution is -0.125. The molecule has 1 aromatic heterocycles. The van der Waals surface area contributed by atoms with Crippen LogP contribution in [-0.2, 0) is 4.79 Å². The first-order valence-electron chi connectivity index (χ1n) is 4.99. The molecule has 0 radical (unpaired) electrons. The van der Waals surface area contributed by atoms with Crippen molar-refractivity contribution in [3.63, 3.8) is 0 Å². The summed E-state index contributed by atoms with van der Waals surface area (Å²) < 4.78 is 0. The Balaban J connectivity index is 2.61. The minimum atomic E-state index is -0.658. The number of aromatic amines is 1. The molecule has 0 saturated heterocycles. The fourth-order valence-corrected chi connectivity index (χ4v) is 1.23. The van der Waals surface area contributed by atoms with Gasteiger partial charge >= 0.3 is 0 Å². The predicted molar refractivity (Wildman–Crippen MR) is 54.7 cm³/mol. The van der Waals surface area contributed by atoms with Gasteiger partial charge in [-0.15, -0.1) is 10.2 Å². The first-order valence-corrected chi connectivity index (χ1v) is 4.99. The van der Waals surface area contributed by atoms with E-state index >= 15 is 0 Å². The van der Waals surface area contributed by atoms with Crippen LogP contribution in [-0.4, -0.2) is 26.5 Å². The topological polar surface area (TPSA) is 107 Å².